The average molecular weight is 144 g/mol. The van der Waals surface area contributed by atoms with Gasteiger partial charge in [-0.25, -0.2) is 4.79 Å². The number of hydrogen-bond acceptors (Lipinski definition) is 3. The fourth-order valence-electron chi connectivity index (χ4n) is 0.861. The van der Waals surface area contributed by atoms with Crippen molar-refractivity contribution in [2.24, 2.45) is 5.73 Å². The number of carboxylic acid groups (broad SMARTS) is 1. The summed E-state index contributed by atoms with van der Waals surface area (Å²) in [7, 11) is 0. The van der Waals surface area contributed by atoms with Gasteiger partial charge in [0.1, 0.15) is 6.04 Å². The maximum absolute atomic E-state index is 10.6. The van der Waals surface area contributed by atoms with Crippen molar-refractivity contribution >= 4 is 11.9 Å². The lowest BCUT2D eigenvalue weighted by molar-refractivity contribution is -0.140. The molecule has 1 rings (SSSR count). The maximum Gasteiger partial charge on any atom is 0.326 e. The van der Waals surface area contributed by atoms with Crippen LogP contribution in [0.25, 0.3) is 0 Å². The lowest BCUT2D eigenvalue weighted by Crippen LogP contribution is -2.34. The zero-order valence-electron chi connectivity index (χ0n) is 5.20. The van der Waals surface area contributed by atoms with E-state index in [0.717, 1.165) is 0 Å². The Bertz CT molecular complexity index is 180. The Morgan fingerprint density at radius 2 is 2.40 bits per heavy atom. The Labute approximate surface area is 57.2 Å². The van der Waals surface area contributed by atoms with Gasteiger partial charge in [-0.2, -0.15) is 0 Å². The highest BCUT2D eigenvalue weighted by Gasteiger charge is 2.33. The molecule has 0 unspecified atom stereocenters. The molecule has 1 fully saturated rings. The molecule has 56 valence electrons. The first-order chi connectivity index (χ1) is 4.61. The zero-order valence-corrected chi connectivity index (χ0v) is 5.20. The van der Waals surface area contributed by atoms with Gasteiger partial charge in [0.25, 0.3) is 0 Å². The third-order valence-corrected chi connectivity index (χ3v) is 1.44. The molecular weight excluding hydrogens is 136 g/mol. The van der Waals surface area contributed by atoms with E-state index in [1.54, 1.807) is 0 Å². The van der Waals surface area contributed by atoms with Crippen LogP contribution in [0.15, 0.2) is 0 Å². The Morgan fingerprint density at radius 3 is 2.60 bits per heavy atom. The molecule has 0 aliphatic carbocycles. The van der Waals surface area contributed by atoms with Crippen molar-refractivity contribution < 1.29 is 14.7 Å². The third-order valence-electron chi connectivity index (χ3n) is 1.44. The minimum Gasteiger partial charge on any atom is -0.480 e. The van der Waals surface area contributed by atoms with Crippen LogP contribution < -0.4 is 11.1 Å². The van der Waals surface area contributed by atoms with E-state index in [1.807, 2.05) is 0 Å². The molecule has 0 aromatic heterocycles. The molecule has 0 radical (unpaired) electrons. The quantitative estimate of drug-likeness (QED) is 0.408. The molecule has 0 spiro atoms. The first-order valence-electron chi connectivity index (χ1n) is 2.90. The van der Waals surface area contributed by atoms with Crippen LogP contribution in [0, 0.1) is 0 Å². The molecule has 0 saturated carbocycles. The highest BCUT2D eigenvalue weighted by molar-refractivity contribution is 5.90. The Balaban J connectivity index is 2.57. The molecule has 1 amide bonds. The molecule has 2 atom stereocenters. The Kier molecular flexibility index (Phi) is 1.58. The van der Waals surface area contributed by atoms with Crippen LogP contribution in [-0.2, 0) is 9.59 Å². The number of hydrogen-bond donors (Lipinski definition) is 3. The summed E-state index contributed by atoms with van der Waals surface area (Å²) in [5.41, 5.74) is 5.23. The Morgan fingerprint density at radius 1 is 1.80 bits per heavy atom. The molecule has 0 aromatic rings. The monoisotopic (exact) mass is 144 g/mol. The van der Waals surface area contributed by atoms with Gasteiger partial charge in [-0.15, -0.1) is 0 Å². The minimum atomic E-state index is -1.03. The lowest BCUT2D eigenvalue weighted by Gasteiger charge is -1.99. The van der Waals surface area contributed by atoms with Gasteiger partial charge < -0.3 is 16.2 Å². The normalized spacial score (nSPS) is 31.9. The van der Waals surface area contributed by atoms with Crippen molar-refractivity contribution in [2.45, 2.75) is 18.5 Å². The summed E-state index contributed by atoms with van der Waals surface area (Å²) in [4.78, 5) is 20.8. The van der Waals surface area contributed by atoms with Gasteiger partial charge in [-0.05, 0) is 0 Å². The highest BCUT2D eigenvalue weighted by Crippen LogP contribution is 2.04. The van der Waals surface area contributed by atoms with Gasteiger partial charge in [0.2, 0.25) is 5.91 Å². The number of amides is 1. The van der Waals surface area contributed by atoms with Crippen molar-refractivity contribution in [3.63, 3.8) is 0 Å². The predicted molar refractivity (Wildman–Crippen MR) is 32.2 cm³/mol. The van der Waals surface area contributed by atoms with E-state index in [0.29, 0.717) is 0 Å². The van der Waals surface area contributed by atoms with Crippen LogP contribution in [0.2, 0.25) is 0 Å². The van der Waals surface area contributed by atoms with E-state index in [2.05, 4.69) is 5.32 Å². The molecule has 1 saturated heterocycles. The average Bonchev–Trinajstić information content (AvgIpc) is 2.13. The largest absolute Gasteiger partial charge is 0.480 e. The van der Waals surface area contributed by atoms with Gasteiger partial charge in [0.05, 0.1) is 6.04 Å². The molecular formula is C5H8N2O3. The van der Waals surface area contributed by atoms with Gasteiger partial charge in [0.15, 0.2) is 0 Å². The summed E-state index contributed by atoms with van der Waals surface area (Å²) in [5, 5.41) is 10.6. The molecule has 10 heavy (non-hydrogen) atoms. The zero-order chi connectivity index (χ0) is 7.72. The van der Waals surface area contributed by atoms with Crippen molar-refractivity contribution in [1.29, 1.82) is 0 Å². The minimum absolute atomic E-state index is 0.189. The van der Waals surface area contributed by atoms with E-state index in [1.165, 1.54) is 0 Å². The smallest absolute Gasteiger partial charge is 0.326 e. The lowest BCUT2D eigenvalue weighted by atomic mass is 10.2. The van der Waals surface area contributed by atoms with Crippen molar-refractivity contribution in [3.8, 4) is 0 Å². The van der Waals surface area contributed by atoms with Gasteiger partial charge >= 0.3 is 5.97 Å². The second-order valence-corrected chi connectivity index (χ2v) is 2.24. The highest BCUT2D eigenvalue weighted by atomic mass is 16.4. The van der Waals surface area contributed by atoms with Crippen LogP contribution in [0.1, 0.15) is 6.42 Å². The first-order valence-corrected chi connectivity index (χ1v) is 2.90. The van der Waals surface area contributed by atoms with Crippen molar-refractivity contribution in [1.82, 2.24) is 5.32 Å². The number of nitrogens with two attached hydrogens (primary N) is 1. The summed E-state index contributed by atoms with van der Waals surface area (Å²) < 4.78 is 0. The van der Waals surface area contributed by atoms with E-state index < -0.39 is 18.1 Å². The number of carbonyl (C=O) groups is 2. The maximum atomic E-state index is 10.6. The molecule has 5 nitrogen and oxygen atoms in total. The summed E-state index contributed by atoms with van der Waals surface area (Å²) in [6.45, 7) is 0. The van der Waals surface area contributed by atoms with Crippen molar-refractivity contribution in [3.05, 3.63) is 0 Å². The summed E-state index contributed by atoms with van der Waals surface area (Å²) >= 11 is 0. The second-order valence-electron chi connectivity index (χ2n) is 2.24. The van der Waals surface area contributed by atoms with Crippen molar-refractivity contribution in [2.75, 3.05) is 0 Å². The molecule has 1 aliphatic heterocycles. The number of carbonyl (C=O) groups excluding carboxylic acids is 1. The van der Waals surface area contributed by atoms with E-state index >= 15 is 0 Å². The van der Waals surface area contributed by atoms with E-state index in [-0.39, 0.29) is 12.3 Å². The molecule has 5 heteroatoms. The summed E-state index contributed by atoms with van der Waals surface area (Å²) in [6.07, 6.45) is 0.189. The van der Waals surface area contributed by atoms with Gasteiger partial charge in [-0.1, -0.05) is 0 Å². The molecule has 1 aliphatic rings. The van der Waals surface area contributed by atoms with Gasteiger partial charge in [-0.3, -0.25) is 4.79 Å². The first kappa shape index (κ1) is 7.01. The van der Waals surface area contributed by atoms with Crippen LogP contribution in [0.4, 0.5) is 0 Å². The number of carboxylic acids is 1. The topological polar surface area (TPSA) is 92.4 Å². The van der Waals surface area contributed by atoms with Crippen LogP contribution in [0.3, 0.4) is 0 Å². The predicted octanol–water partition coefficient (Wildman–Crippen LogP) is -1.71. The third kappa shape index (κ3) is 1.08. The van der Waals surface area contributed by atoms with Gasteiger partial charge in [0, 0.05) is 6.42 Å². The summed E-state index contributed by atoms with van der Waals surface area (Å²) in [5.74, 6) is -1.41. The standard InChI is InChI=1S/C5H8N2O3/c6-2-1-3(5(9)10)7-4(2)8/h2-3H,1,6H2,(H,7,8)(H,9,10)/t2-,3+/m1/s1. The van der Waals surface area contributed by atoms with Crippen LogP contribution in [0.5, 0.6) is 0 Å². The molecule has 0 aromatic carbocycles. The molecule has 1 heterocycles. The number of nitrogens with one attached hydrogen (secondary N) is 1. The number of aliphatic carboxylic acids is 1. The van der Waals surface area contributed by atoms with E-state index in [9.17, 15) is 9.59 Å². The molecule has 4 N–H and O–H groups in total. The van der Waals surface area contributed by atoms with E-state index in [4.69, 9.17) is 10.8 Å². The van der Waals surface area contributed by atoms with Crippen LogP contribution >= 0.6 is 0 Å². The fraction of sp³-hybridized carbons (Fsp3) is 0.600. The Hall–Kier alpha value is -1.10. The molecule has 0 bridgehead atoms. The number of rotatable bonds is 1. The summed E-state index contributed by atoms with van der Waals surface area (Å²) in [6, 6.07) is -1.44. The van der Waals surface area contributed by atoms with Crippen LogP contribution in [-0.4, -0.2) is 29.1 Å². The fourth-order valence-corrected chi connectivity index (χ4v) is 0.861. The second kappa shape index (κ2) is 2.26. The SMILES string of the molecule is N[C@@H]1C[C@@H](C(=O)O)NC1=O.